The Morgan fingerprint density at radius 1 is 1.09 bits per heavy atom. The van der Waals surface area contributed by atoms with Crippen LogP contribution < -0.4 is 9.88 Å². The molecule has 0 saturated carbocycles. The van der Waals surface area contributed by atoms with Crippen LogP contribution >= 0.6 is 0 Å². The molecule has 1 aromatic heterocycles. The van der Waals surface area contributed by atoms with Gasteiger partial charge in [0.15, 0.2) is 0 Å². The highest BCUT2D eigenvalue weighted by molar-refractivity contribution is 7.89. The number of hydrogen-bond donors (Lipinski definition) is 2. The van der Waals surface area contributed by atoms with Crippen LogP contribution in [0.25, 0.3) is 22.4 Å². The number of halogens is 1. The number of hydrogen-bond acceptors (Lipinski definition) is 5. The second-order valence-corrected chi connectivity index (χ2v) is 9.84. The van der Waals surface area contributed by atoms with Crippen LogP contribution in [-0.4, -0.2) is 31.1 Å². The van der Waals surface area contributed by atoms with Crippen molar-refractivity contribution in [3.8, 4) is 28.3 Å². The van der Waals surface area contributed by atoms with Crippen molar-refractivity contribution in [1.29, 1.82) is 0 Å². The third-order valence-corrected chi connectivity index (χ3v) is 6.65. The largest absolute Gasteiger partial charge is 0.481 e. The number of primary sulfonamides is 1. The summed E-state index contributed by atoms with van der Waals surface area (Å²) in [4.78, 5) is 16.5. The molecule has 7 nitrogen and oxygen atoms in total. The molecule has 0 aliphatic heterocycles. The number of nitrogens with two attached hydrogens (primary N) is 1. The zero-order chi connectivity index (χ0) is 25.6. The van der Waals surface area contributed by atoms with Gasteiger partial charge in [0.2, 0.25) is 15.9 Å². The summed E-state index contributed by atoms with van der Waals surface area (Å²) in [5.74, 6) is -1.59. The first-order valence-electron chi connectivity index (χ1n) is 11.4. The Kier molecular flexibility index (Phi) is 8.58. The lowest BCUT2D eigenvalue weighted by Gasteiger charge is -2.18. The fourth-order valence-electron chi connectivity index (χ4n) is 3.67. The number of aliphatic carboxylic acids is 1. The first-order valence-corrected chi connectivity index (χ1v) is 13.0. The van der Waals surface area contributed by atoms with Gasteiger partial charge >= 0.3 is 5.97 Å². The van der Waals surface area contributed by atoms with Gasteiger partial charge in [-0.15, -0.1) is 0 Å². The lowest BCUT2D eigenvalue weighted by Crippen LogP contribution is -2.17. The standard InChI is InChI=1S/C26H29FN2O5S/c1-3-5-14-34-25-20(15-17(4-2)26(30)31)16-23(18-8-12-22(13-9-18)35(28,32)33)24(29-25)19-6-10-21(27)11-7-19/h6-13,16-17H,3-5,14-15H2,1-2H3,(H,30,31)(H2,28,32,33). The molecular formula is C26H29FN2O5S. The summed E-state index contributed by atoms with van der Waals surface area (Å²) >= 11 is 0. The summed E-state index contributed by atoms with van der Waals surface area (Å²) < 4.78 is 43.0. The molecule has 3 aromatic rings. The number of aromatic nitrogens is 1. The number of pyridine rings is 1. The molecule has 1 atom stereocenters. The van der Waals surface area contributed by atoms with Crippen LogP contribution in [0.3, 0.4) is 0 Å². The quantitative estimate of drug-likeness (QED) is 0.356. The Hall–Kier alpha value is -3.30. The van der Waals surface area contributed by atoms with Crippen LogP contribution in [0.5, 0.6) is 5.88 Å². The van der Waals surface area contributed by atoms with E-state index in [0.717, 1.165) is 12.8 Å². The van der Waals surface area contributed by atoms with Gasteiger partial charge in [-0.1, -0.05) is 32.4 Å². The van der Waals surface area contributed by atoms with E-state index in [2.05, 4.69) is 0 Å². The summed E-state index contributed by atoms with van der Waals surface area (Å²) in [5.41, 5.74) is 3.05. The minimum Gasteiger partial charge on any atom is -0.481 e. The molecule has 0 aliphatic rings. The molecule has 186 valence electrons. The Morgan fingerprint density at radius 2 is 1.71 bits per heavy atom. The number of carboxylic acid groups (broad SMARTS) is 1. The van der Waals surface area contributed by atoms with Crippen molar-refractivity contribution in [2.45, 2.75) is 44.4 Å². The Balaban J connectivity index is 2.21. The number of sulfonamides is 1. The summed E-state index contributed by atoms with van der Waals surface area (Å²) in [7, 11) is -3.87. The average Bonchev–Trinajstić information content (AvgIpc) is 2.83. The first kappa shape index (κ1) is 26.3. The van der Waals surface area contributed by atoms with Crippen molar-refractivity contribution >= 4 is 16.0 Å². The van der Waals surface area contributed by atoms with Gasteiger partial charge in [0, 0.05) is 16.7 Å². The molecule has 0 saturated heterocycles. The van der Waals surface area contributed by atoms with Crippen molar-refractivity contribution in [3.05, 3.63) is 66.0 Å². The van der Waals surface area contributed by atoms with Gasteiger partial charge in [0.25, 0.3) is 0 Å². The number of carboxylic acids is 1. The fourth-order valence-corrected chi connectivity index (χ4v) is 4.18. The smallest absolute Gasteiger partial charge is 0.306 e. The van der Waals surface area contributed by atoms with Crippen LogP contribution in [0.1, 0.15) is 38.7 Å². The molecule has 0 radical (unpaired) electrons. The third kappa shape index (κ3) is 6.64. The van der Waals surface area contributed by atoms with Crippen LogP contribution in [0.2, 0.25) is 0 Å². The Labute approximate surface area is 204 Å². The number of benzene rings is 2. The molecule has 0 fully saturated rings. The Morgan fingerprint density at radius 3 is 2.26 bits per heavy atom. The minimum absolute atomic E-state index is 0.0331. The van der Waals surface area contributed by atoms with Gasteiger partial charge in [0.1, 0.15) is 5.82 Å². The maximum atomic E-state index is 13.6. The van der Waals surface area contributed by atoms with Gasteiger partial charge in [-0.25, -0.2) is 22.9 Å². The van der Waals surface area contributed by atoms with Crippen LogP contribution in [0.15, 0.2) is 59.5 Å². The summed E-state index contributed by atoms with van der Waals surface area (Å²) in [6.07, 6.45) is 2.37. The monoisotopic (exact) mass is 500 g/mol. The summed E-state index contributed by atoms with van der Waals surface area (Å²) in [6, 6.07) is 13.7. The SMILES string of the molecule is CCCCOc1nc(-c2ccc(F)cc2)c(-c2ccc(S(N)(=O)=O)cc2)cc1CC(CC)C(=O)O. The highest BCUT2D eigenvalue weighted by Crippen LogP contribution is 2.36. The predicted molar refractivity (Wildman–Crippen MR) is 132 cm³/mol. The van der Waals surface area contributed by atoms with E-state index in [-0.39, 0.29) is 11.3 Å². The van der Waals surface area contributed by atoms with E-state index in [1.165, 1.54) is 24.3 Å². The zero-order valence-electron chi connectivity index (χ0n) is 19.7. The average molecular weight is 501 g/mol. The molecule has 9 heteroatoms. The summed E-state index contributed by atoms with van der Waals surface area (Å²) in [5, 5.41) is 14.9. The molecule has 0 amide bonds. The van der Waals surface area contributed by atoms with Crippen molar-refractivity contribution in [3.63, 3.8) is 0 Å². The molecule has 3 rings (SSSR count). The number of rotatable bonds is 11. The fraction of sp³-hybridized carbons (Fsp3) is 0.308. The van der Waals surface area contributed by atoms with Crippen molar-refractivity contribution in [2.24, 2.45) is 11.1 Å². The van der Waals surface area contributed by atoms with Crippen molar-refractivity contribution < 1.29 is 27.4 Å². The van der Waals surface area contributed by atoms with E-state index in [0.29, 0.717) is 46.9 Å². The second-order valence-electron chi connectivity index (χ2n) is 8.27. The predicted octanol–water partition coefficient (Wildman–Crippen LogP) is 5.03. The van der Waals surface area contributed by atoms with Gasteiger partial charge in [-0.2, -0.15) is 0 Å². The molecular weight excluding hydrogens is 471 g/mol. The van der Waals surface area contributed by atoms with Crippen molar-refractivity contribution in [1.82, 2.24) is 4.98 Å². The maximum absolute atomic E-state index is 13.6. The van der Waals surface area contributed by atoms with E-state index in [1.807, 2.05) is 19.9 Å². The van der Waals surface area contributed by atoms with E-state index in [1.54, 1.807) is 24.3 Å². The molecule has 0 aliphatic carbocycles. The lowest BCUT2D eigenvalue weighted by molar-refractivity contribution is -0.141. The molecule has 35 heavy (non-hydrogen) atoms. The number of carbonyl (C=O) groups is 1. The number of unbranched alkanes of at least 4 members (excludes halogenated alkanes) is 1. The molecule has 1 heterocycles. The second kappa shape index (κ2) is 11.4. The van der Waals surface area contributed by atoms with E-state index >= 15 is 0 Å². The lowest BCUT2D eigenvalue weighted by atomic mass is 9.93. The molecule has 1 unspecified atom stereocenters. The topological polar surface area (TPSA) is 120 Å². The molecule has 0 bridgehead atoms. The van der Waals surface area contributed by atoms with Crippen molar-refractivity contribution in [2.75, 3.05) is 6.61 Å². The normalized spacial score (nSPS) is 12.3. The van der Waals surface area contributed by atoms with Crippen LogP contribution in [0.4, 0.5) is 4.39 Å². The highest BCUT2D eigenvalue weighted by Gasteiger charge is 2.22. The van der Waals surface area contributed by atoms with Crippen LogP contribution in [-0.2, 0) is 21.2 Å². The third-order valence-electron chi connectivity index (χ3n) is 5.72. The number of ether oxygens (including phenoxy) is 1. The zero-order valence-corrected chi connectivity index (χ0v) is 20.5. The molecule has 2 aromatic carbocycles. The van der Waals surface area contributed by atoms with Gasteiger partial charge in [-0.05, 0) is 67.3 Å². The molecule has 3 N–H and O–H groups in total. The maximum Gasteiger partial charge on any atom is 0.306 e. The highest BCUT2D eigenvalue weighted by atomic mass is 32.2. The van der Waals surface area contributed by atoms with E-state index in [4.69, 9.17) is 14.9 Å². The Bertz CT molecular complexity index is 1280. The van der Waals surface area contributed by atoms with Gasteiger partial charge < -0.3 is 9.84 Å². The molecule has 0 spiro atoms. The van der Waals surface area contributed by atoms with E-state index in [9.17, 15) is 22.7 Å². The summed E-state index contributed by atoms with van der Waals surface area (Å²) in [6.45, 7) is 4.27. The number of nitrogens with zero attached hydrogens (tertiary/aromatic N) is 1. The van der Waals surface area contributed by atoms with Crippen LogP contribution in [0, 0.1) is 11.7 Å². The van der Waals surface area contributed by atoms with E-state index < -0.39 is 27.7 Å². The van der Waals surface area contributed by atoms with Gasteiger partial charge in [0.05, 0.1) is 23.1 Å². The minimum atomic E-state index is -3.87. The first-order chi connectivity index (χ1) is 16.6. The van der Waals surface area contributed by atoms with Gasteiger partial charge in [-0.3, -0.25) is 4.79 Å².